The largest absolute Gasteiger partial charge is 0.478 e. The van der Waals surface area contributed by atoms with Crippen LogP contribution in [0.25, 0.3) is 0 Å². The molecule has 0 radical (unpaired) electrons. The number of ether oxygens (including phenoxy) is 2. The Bertz CT molecular complexity index is 1510. The fourth-order valence-electron chi connectivity index (χ4n) is 8.39. The molecule has 2 aromatic carbocycles. The first-order valence-electron chi connectivity index (χ1n) is 16.3. The molecule has 5 aliphatic rings. The van der Waals surface area contributed by atoms with Crippen LogP contribution in [0, 0.1) is 17.8 Å². The highest BCUT2D eigenvalue weighted by Crippen LogP contribution is 2.55. The number of thioether (sulfide) groups is 1. The van der Waals surface area contributed by atoms with Gasteiger partial charge in [0.15, 0.2) is 6.29 Å². The Morgan fingerprint density at radius 1 is 0.870 bits per heavy atom. The number of nitrogens with one attached hydrogen (secondary N) is 2. The molecule has 3 atom stereocenters. The van der Waals surface area contributed by atoms with Crippen LogP contribution in [-0.4, -0.2) is 44.6 Å². The van der Waals surface area contributed by atoms with Gasteiger partial charge in [0, 0.05) is 36.0 Å². The highest BCUT2D eigenvalue weighted by atomic mass is 32.2. The van der Waals surface area contributed by atoms with E-state index in [4.69, 9.17) is 9.47 Å². The minimum atomic E-state index is -1.01. The summed E-state index contributed by atoms with van der Waals surface area (Å²) in [5.41, 5.74) is 3.80. The molecule has 9 nitrogen and oxygen atoms in total. The molecule has 0 spiro atoms. The Hall–Kier alpha value is -3.44. The average Bonchev–Trinajstić information content (AvgIpc) is 3.06. The SMILES string of the molecule is O=C(NCc1ccc([C@H]2O[C@@H](CSc3ncccc3C(=O)O)C[C@@H](c3ccc(CO)cc3)O2)cc1)NC12CC3CC(CC(C3)C1)C2. The van der Waals surface area contributed by atoms with Gasteiger partial charge in [-0.15, -0.1) is 11.8 Å². The third kappa shape index (κ3) is 6.95. The molecular weight excluding hydrogens is 602 g/mol. The molecule has 4 bridgehead atoms. The van der Waals surface area contributed by atoms with Gasteiger partial charge in [-0.05, 0) is 85.1 Å². The molecule has 3 aromatic rings. The molecule has 10 heteroatoms. The monoisotopic (exact) mass is 643 g/mol. The molecule has 5 fully saturated rings. The number of carbonyl (C=O) groups is 2. The van der Waals surface area contributed by atoms with Crippen molar-refractivity contribution >= 4 is 23.8 Å². The van der Waals surface area contributed by atoms with Crippen molar-refractivity contribution in [1.82, 2.24) is 15.6 Å². The number of nitrogens with zero attached hydrogens (tertiary/aromatic N) is 1. The number of aromatic carboxylic acids is 1. The van der Waals surface area contributed by atoms with Crippen molar-refractivity contribution < 1.29 is 29.3 Å². The molecule has 0 unspecified atom stereocenters. The summed E-state index contributed by atoms with van der Waals surface area (Å²) in [4.78, 5) is 29.0. The van der Waals surface area contributed by atoms with Gasteiger partial charge >= 0.3 is 12.0 Å². The Morgan fingerprint density at radius 2 is 1.52 bits per heavy atom. The molecule has 1 aliphatic heterocycles. The van der Waals surface area contributed by atoms with Gasteiger partial charge in [0.25, 0.3) is 0 Å². The van der Waals surface area contributed by atoms with Crippen molar-refractivity contribution in [3.05, 3.63) is 94.7 Å². The lowest BCUT2D eigenvalue weighted by Crippen LogP contribution is -2.61. The van der Waals surface area contributed by atoms with E-state index in [-0.39, 0.29) is 35.9 Å². The quantitative estimate of drug-likeness (QED) is 0.187. The zero-order valence-electron chi connectivity index (χ0n) is 25.8. The summed E-state index contributed by atoms with van der Waals surface area (Å²) in [6.45, 7) is 0.401. The third-order valence-electron chi connectivity index (χ3n) is 10.1. The van der Waals surface area contributed by atoms with E-state index in [1.165, 1.54) is 31.0 Å². The van der Waals surface area contributed by atoms with E-state index in [9.17, 15) is 19.8 Å². The fourth-order valence-corrected chi connectivity index (χ4v) is 9.39. The number of rotatable bonds is 10. The maximum absolute atomic E-state index is 13.0. The van der Waals surface area contributed by atoms with Gasteiger partial charge in [0.05, 0.1) is 24.4 Å². The molecule has 4 saturated carbocycles. The number of aliphatic hydroxyl groups excluding tert-OH is 1. The lowest BCUT2D eigenvalue weighted by molar-refractivity contribution is -0.245. The molecule has 4 aliphatic carbocycles. The lowest BCUT2D eigenvalue weighted by atomic mass is 9.53. The number of pyridine rings is 1. The number of aromatic nitrogens is 1. The maximum atomic E-state index is 13.0. The number of carboxylic acid groups (broad SMARTS) is 1. The standard InChI is InChI=1S/C36H41N3O6S/c40-20-23-5-7-27(8-6-23)31-15-29(21-46-32-30(33(41)42)2-1-11-37-32)44-34(45-31)28-9-3-22(4-10-28)19-38-35(43)39-36-16-24-12-25(17-36)14-26(13-24)18-36/h1-11,24-26,29,31,34,40H,12-21H2,(H,41,42)(H2,38,39,43)/t24?,25?,26?,29-,31+,34+,36?/m1/s1. The number of benzene rings is 2. The Labute approximate surface area is 273 Å². The summed E-state index contributed by atoms with van der Waals surface area (Å²) in [5.74, 6) is 1.82. The number of aliphatic hydroxyl groups is 1. The molecule has 8 rings (SSSR count). The van der Waals surface area contributed by atoms with E-state index in [1.807, 2.05) is 48.5 Å². The molecular formula is C36H41N3O6S. The van der Waals surface area contributed by atoms with Gasteiger partial charge in [-0.2, -0.15) is 0 Å². The number of carbonyl (C=O) groups excluding carboxylic acids is 1. The summed E-state index contributed by atoms with van der Waals surface area (Å²) in [7, 11) is 0. The Balaban J connectivity index is 0.999. The van der Waals surface area contributed by atoms with Crippen LogP contribution in [0.1, 0.15) is 90.0 Å². The molecule has 4 N–H and O–H groups in total. The maximum Gasteiger partial charge on any atom is 0.338 e. The lowest BCUT2D eigenvalue weighted by Gasteiger charge is -2.56. The molecule has 2 heterocycles. The normalized spacial score (nSPS) is 29.8. The molecule has 242 valence electrons. The van der Waals surface area contributed by atoms with E-state index in [1.54, 1.807) is 18.3 Å². The van der Waals surface area contributed by atoms with Crippen LogP contribution in [0.4, 0.5) is 4.79 Å². The number of urea groups is 1. The minimum Gasteiger partial charge on any atom is -0.478 e. The van der Waals surface area contributed by atoms with E-state index >= 15 is 0 Å². The number of carboxylic acids is 1. The third-order valence-corrected chi connectivity index (χ3v) is 11.3. The van der Waals surface area contributed by atoms with Gasteiger partial charge in [0.1, 0.15) is 5.03 Å². The summed E-state index contributed by atoms with van der Waals surface area (Å²) in [6.07, 6.45) is 8.45. The molecule has 46 heavy (non-hydrogen) atoms. The van der Waals surface area contributed by atoms with Crippen molar-refractivity contribution in [2.75, 3.05) is 5.75 Å². The Kier molecular flexibility index (Phi) is 9.05. The summed E-state index contributed by atoms with van der Waals surface area (Å²) < 4.78 is 12.9. The van der Waals surface area contributed by atoms with Crippen LogP contribution in [0.3, 0.4) is 0 Å². The first kappa shape index (κ1) is 31.2. The number of hydrogen-bond acceptors (Lipinski definition) is 7. The van der Waals surface area contributed by atoms with Crippen LogP contribution in [0.15, 0.2) is 71.9 Å². The zero-order valence-corrected chi connectivity index (χ0v) is 26.6. The number of hydrogen-bond donors (Lipinski definition) is 4. The first-order valence-corrected chi connectivity index (χ1v) is 17.3. The topological polar surface area (TPSA) is 130 Å². The molecule has 1 saturated heterocycles. The predicted octanol–water partition coefficient (Wildman–Crippen LogP) is 6.38. The summed E-state index contributed by atoms with van der Waals surface area (Å²) in [6, 6.07) is 18.7. The van der Waals surface area contributed by atoms with E-state index < -0.39 is 12.3 Å². The van der Waals surface area contributed by atoms with Gasteiger partial charge in [-0.3, -0.25) is 0 Å². The van der Waals surface area contributed by atoms with Crippen molar-refractivity contribution in [3.8, 4) is 0 Å². The second-order valence-electron chi connectivity index (χ2n) is 13.6. The van der Waals surface area contributed by atoms with Gasteiger partial charge < -0.3 is 30.3 Å². The summed E-state index contributed by atoms with van der Waals surface area (Å²) in [5, 5.41) is 26.0. The van der Waals surface area contributed by atoms with Crippen LogP contribution < -0.4 is 10.6 Å². The van der Waals surface area contributed by atoms with Crippen LogP contribution in [0.2, 0.25) is 0 Å². The van der Waals surface area contributed by atoms with Gasteiger partial charge in [-0.25, -0.2) is 14.6 Å². The first-order chi connectivity index (χ1) is 22.3. The fraction of sp³-hybridized carbons (Fsp3) is 0.472. The molecule has 2 amide bonds. The highest BCUT2D eigenvalue weighted by Gasteiger charge is 2.51. The van der Waals surface area contributed by atoms with Crippen molar-refractivity contribution in [2.45, 2.75) is 87.2 Å². The zero-order chi connectivity index (χ0) is 31.7. The van der Waals surface area contributed by atoms with Crippen LogP contribution in [0.5, 0.6) is 0 Å². The van der Waals surface area contributed by atoms with Crippen LogP contribution in [-0.2, 0) is 22.6 Å². The van der Waals surface area contributed by atoms with E-state index in [0.717, 1.165) is 59.3 Å². The van der Waals surface area contributed by atoms with Crippen molar-refractivity contribution in [1.29, 1.82) is 0 Å². The minimum absolute atomic E-state index is 0.0199. The summed E-state index contributed by atoms with van der Waals surface area (Å²) >= 11 is 1.36. The van der Waals surface area contributed by atoms with Crippen LogP contribution >= 0.6 is 11.8 Å². The van der Waals surface area contributed by atoms with Crippen molar-refractivity contribution in [2.24, 2.45) is 17.8 Å². The average molecular weight is 644 g/mol. The van der Waals surface area contributed by atoms with Gasteiger partial charge in [-0.1, -0.05) is 48.5 Å². The van der Waals surface area contributed by atoms with Crippen molar-refractivity contribution in [3.63, 3.8) is 0 Å². The van der Waals surface area contributed by atoms with Gasteiger partial charge in [0.2, 0.25) is 0 Å². The smallest absolute Gasteiger partial charge is 0.338 e. The number of amides is 2. The molecule has 1 aromatic heterocycles. The second kappa shape index (κ2) is 13.4. The predicted molar refractivity (Wildman–Crippen MR) is 173 cm³/mol. The van der Waals surface area contributed by atoms with E-state index in [2.05, 4.69) is 15.6 Å². The van der Waals surface area contributed by atoms with E-state index in [0.29, 0.717) is 23.7 Å². The Morgan fingerprint density at radius 3 is 2.17 bits per heavy atom. The highest BCUT2D eigenvalue weighted by molar-refractivity contribution is 7.99. The second-order valence-corrected chi connectivity index (χ2v) is 14.6.